The number of carbonyl (C=O) groups excluding carboxylic acids is 2. The molecule has 2 atom stereocenters. The Labute approximate surface area is 165 Å². The van der Waals surface area contributed by atoms with Gasteiger partial charge in [0.05, 0.1) is 6.04 Å². The van der Waals surface area contributed by atoms with Crippen molar-refractivity contribution in [2.24, 2.45) is 5.73 Å². The van der Waals surface area contributed by atoms with Crippen molar-refractivity contribution in [1.82, 2.24) is 9.80 Å². The Kier molecular flexibility index (Phi) is 4.81. The third kappa shape index (κ3) is 3.14. The number of amides is 3. The summed E-state index contributed by atoms with van der Waals surface area (Å²) in [5.41, 5.74) is 9.89. The van der Waals surface area contributed by atoms with E-state index in [1.165, 1.54) is 11.1 Å². The maximum atomic E-state index is 12.9. The van der Waals surface area contributed by atoms with Gasteiger partial charge in [0.1, 0.15) is 6.04 Å². The first-order valence-electron chi connectivity index (χ1n) is 9.69. The summed E-state index contributed by atoms with van der Waals surface area (Å²) < 4.78 is 0. The van der Waals surface area contributed by atoms with Gasteiger partial charge in [0.25, 0.3) is 0 Å². The van der Waals surface area contributed by atoms with Crippen molar-refractivity contribution in [1.29, 1.82) is 0 Å². The first kappa shape index (κ1) is 18.5. The van der Waals surface area contributed by atoms with Gasteiger partial charge in [0.15, 0.2) is 0 Å². The number of primary amides is 1. The molecule has 28 heavy (non-hydrogen) atoms. The van der Waals surface area contributed by atoms with Gasteiger partial charge < -0.3 is 15.5 Å². The van der Waals surface area contributed by atoms with E-state index >= 15 is 0 Å². The predicted molar refractivity (Wildman–Crippen MR) is 110 cm³/mol. The number of rotatable bonds is 5. The van der Waals surface area contributed by atoms with Crippen LogP contribution in [0.5, 0.6) is 0 Å². The lowest BCUT2D eigenvalue weighted by molar-refractivity contribution is -0.119. The molecular weight excluding hydrogens is 352 g/mol. The maximum Gasteiger partial charge on any atom is 0.325 e. The molecule has 2 aliphatic heterocycles. The van der Waals surface area contributed by atoms with Gasteiger partial charge in [-0.3, -0.25) is 9.69 Å². The lowest BCUT2D eigenvalue weighted by atomic mass is 9.98. The first-order valence-corrected chi connectivity index (χ1v) is 9.69. The third-order valence-electron chi connectivity index (χ3n) is 5.65. The minimum Gasteiger partial charge on any atom is -0.368 e. The van der Waals surface area contributed by atoms with Crippen molar-refractivity contribution in [2.45, 2.75) is 31.5 Å². The summed E-state index contributed by atoms with van der Waals surface area (Å²) in [6.07, 6.45) is 1.75. The zero-order chi connectivity index (χ0) is 19.8. The van der Waals surface area contributed by atoms with Crippen molar-refractivity contribution in [3.05, 3.63) is 54.1 Å². The van der Waals surface area contributed by atoms with E-state index in [0.717, 1.165) is 30.6 Å². The van der Waals surface area contributed by atoms with Crippen LogP contribution in [0.25, 0.3) is 11.1 Å². The van der Waals surface area contributed by atoms with Crippen LogP contribution in [0.1, 0.15) is 18.4 Å². The number of hydrogen-bond donors (Lipinski definition) is 1. The molecule has 2 heterocycles. The summed E-state index contributed by atoms with van der Waals surface area (Å²) >= 11 is 0. The molecule has 2 aliphatic rings. The highest BCUT2D eigenvalue weighted by Gasteiger charge is 2.51. The molecule has 2 fully saturated rings. The van der Waals surface area contributed by atoms with Crippen molar-refractivity contribution in [3.8, 4) is 11.1 Å². The molecule has 2 N–H and O–H groups in total. The number of urea groups is 1. The Balaban J connectivity index is 1.65. The standard InChI is InChI=1S/C22H26N4O2/c1-24(2)14-16-6-3-4-7-18(16)15-9-11-17(12-10-15)26-20(21(23)27)19-8-5-13-25(19)22(26)28/h3-4,6-7,9-12,19-20H,5,8,13-14H2,1-2H3,(H2,23,27)/t19-,20?/m1/s1. The molecule has 0 radical (unpaired) electrons. The average Bonchev–Trinajstić information content (AvgIpc) is 3.24. The highest BCUT2D eigenvalue weighted by molar-refractivity contribution is 6.03. The van der Waals surface area contributed by atoms with Crippen LogP contribution in [0, 0.1) is 0 Å². The molecule has 146 valence electrons. The van der Waals surface area contributed by atoms with E-state index in [2.05, 4.69) is 31.1 Å². The van der Waals surface area contributed by atoms with Gasteiger partial charge in [-0.15, -0.1) is 0 Å². The number of hydrogen-bond acceptors (Lipinski definition) is 3. The van der Waals surface area contributed by atoms with E-state index in [4.69, 9.17) is 5.73 Å². The Morgan fingerprint density at radius 3 is 2.54 bits per heavy atom. The van der Waals surface area contributed by atoms with Crippen LogP contribution < -0.4 is 10.6 Å². The van der Waals surface area contributed by atoms with E-state index in [-0.39, 0.29) is 12.1 Å². The topological polar surface area (TPSA) is 69.9 Å². The third-order valence-corrected chi connectivity index (χ3v) is 5.65. The number of fused-ring (bicyclic) bond motifs is 1. The summed E-state index contributed by atoms with van der Waals surface area (Å²) in [5.74, 6) is -0.442. The molecule has 1 unspecified atom stereocenters. The summed E-state index contributed by atoms with van der Waals surface area (Å²) in [6, 6.07) is 15.3. The lowest BCUT2D eigenvalue weighted by Gasteiger charge is -2.23. The predicted octanol–water partition coefficient (Wildman–Crippen LogP) is 2.67. The first-order chi connectivity index (χ1) is 13.5. The number of benzene rings is 2. The normalized spacial score (nSPS) is 21.5. The molecule has 2 aromatic rings. The second-order valence-electron chi connectivity index (χ2n) is 7.84. The Hall–Kier alpha value is -2.86. The van der Waals surface area contributed by atoms with Gasteiger partial charge in [0.2, 0.25) is 5.91 Å². The smallest absolute Gasteiger partial charge is 0.325 e. The molecule has 3 amide bonds. The van der Waals surface area contributed by atoms with Gasteiger partial charge in [-0.1, -0.05) is 36.4 Å². The monoisotopic (exact) mass is 378 g/mol. The van der Waals surface area contributed by atoms with E-state index in [0.29, 0.717) is 6.54 Å². The number of anilines is 1. The SMILES string of the molecule is CN(C)Cc1ccccc1-c1ccc(N2C(=O)N3CCC[C@@H]3C2C(N)=O)cc1. The van der Waals surface area contributed by atoms with Crippen LogP contribution in [0.15, 0.2) is 48.5 Å². The van der Waals surface area contributed by atoms with Crippen molar-refractivity contribution < 1.29 is 9.59 Å². The van der Waals surface area contributed by atoms with Crippen molar-refractivity contribution in [2.75, 3.05) is 25.5 Å². The number of nitrogens with zero attached hydrogens (tertiary/aromatic N) is 3. The molecule has 2 aromatic carbocycles. The van der Waals surface area contributed by atoms with E-state index in [1.807, 2.05) is 36.4 Å². The van der Waals surface area contributed by atoms with Gasteiger partial charge in [0, 0.05) is 18.8 Å². The molecule has 0 bridgehead atoms. The van der Waals surface area contributed by atoms with E-state index in [1.54, 1.807) is 9.80 Å². The summed E-state index contributed by atoms with van der Waals surface area (Å²) in [5, 5.41) is 0. The van der Waals surface area contributed by atoms with Crippen LogP contribution in [0.2, 0.25) is 0 Å². The highest BCUT2D eigenvalue weighted by Crippen LogP contribution is 2.36. The molecule has 0 spiro atoms. The molecule has 4 rings (SSSR count). The van der Waals surface area contributed by atoms with Crippen LogP contribution in [0.3, 0.4) is 0 Å². The maximum absolute atomic E-state index is 12.9. The fourth-order valence-corrected chi connectivity index (χ4v) is 4.46. The van der Waals surface area contributed by atoms with Crippen LogP contribution in [0.4, 0.5) is 10.5 Å². The van der Waals surface area contributed by atoms with Crippen LogP contribution >= 0.6 is 0 Å². The molecule has 0 aromatic heterocycles. The van der Waals surface area contributed by atoms with E-state index in [9.17, 15) is 9.59 Å². The molecule has 6 nitrogen and oxygen atoms in total. The Morgan fingerprint density at radius 2 is 1.86 bits per heavy atom. The molecule has 6 heteroatoms. The summed E-state index contributed by atoms with van der Waals surface area (Å²) in [6.45, 7) is 1.54. The molecule has 0 saturated carbocycles. The van der Waals surface area contributed by atoms with Crippen LogP contribution in [-0.4, -0.2) is 54.5 Å². The molecular formula is C22H26N4O2. The van der Waals surface area contributed by atoms with Gasteiger partial charge in [-0.25, -0.2) is 4.79 Å². The van der Waals surface area contributed by atoms with Crippen molar-refractivity contribution >= 4 is 17.6 Å². The number of nitrogens with two attached hydrogens (primary N) is 1. The van der Waals surface area contributed by atoms with Gasteiger partial charge in [-0.05, 0) is 55.8 Å². The average molecular weight is 378 g/mol. The fraction of sp³-hybridized carbons (Fsp3) is 0.364. The number of carbonyl (C=O) groups is 2. The Bertz CT molecular complexity index is 894. The van der Waals surface area contributed by atoms with Crippen LogP contribution in [-0.2, 0) is 11.3 Å². The second-order valence-corrected chi connectivity index (χ2v) is 7.84. The zero-order valence-electron chi connectivity index (χ0n) is 16.3. The fourth-order valence-electron chi connectivity index (χ4n) is 4.46. The lowest BCUT2D eigenvalue weighted by Crippen LogP contribution is -2.46. The van der Waals surface area contributed by atoms with Crippen molar-refractivity contribution in [3.63, 3.8) is 0 Å². The highest BCUT2D eigenvalue weighted by atomic mass is 16.2. The zero-order valence-corrected chi connectivity index (χ0v) is 16.3. The minimum atomic E-state index is -0.595. The molecule has 2 saturated heterocycles. The summed E-state index contributed by atoms with van der Waals surface area (Å²) in [4.78, 5) is 30.5. The quantitative estimate of drug-likeness (QED) is 0.870. The minimum absolute atomic E-state index is 0.106. The Morgan fingerprint density at radius 1 is 1.14 bits per heavy atom. The van der Waals surface area contributed by atoms with Gasteiger partial charge >= 0.3 is 6.03 Å². The second kappa shape index (κ2) is 7.28. The largest absolute Gasteiger partial charge is 0.368 e. The summed E-state index contributed by atoms with van der Waals surface area (Å²) in [7, 11) is 4.10. The van der Waals surface area contributed by atoms with E-state index < -0.39 is 11.9 Å². The van der Waals surface area contributed by atoms with Gasteiger partial charge in [-0.2, -0.15) is 0 Å². The molecule has 0 aliphatic carbocycles.